The lowest BCUT2D eigenvalue weighted by atomic mass is 10.1. The van der Waals surface area contributed by atoms with E-state index >= 15 is 0 Å². The maximum absolute atomic E-state index is 13.6. The Morgan fingerprint density at radius 3 is 2.25 bits per heavy atom. The minimum absolute atomic E-state index is 0.00824. The molecule has 192 valence electrons. The molecule has 11 heteroatoms. The van der Waals surface area contributed by atoms with Gasteiger partial charge in [0.2, 0.25) is 0 Å². The highest BCUT2D eigenvalue weighted by Crippen LogP contribution is 2.36. The third-order valence-electron chi connectivity index (χ3n) is 6.01. The van der Waals surface area contributed by atoms with E-state index in [1.807, 2.05) is 13.8 Å². The third kappa shape index (κ3) is 5.71. The van der Waals surface area contributed by atoms with E-state index in [4.69, 9.17) is 0 Å². The molecule has 3 heterocycles. The standard InChI is InChI=1S/C25H25F6N5/c1-15(2)21-34-20-10-13-36(23-19(25(29,30)31)4-3-11-32-23)12-9-18(20)22(35-21)33-14-16-5-7-17(8-6-16)24(26,27)28/h3-8,11,15H,9-10,12-14H2,1-2H3,(H,33,34,35). The van der Waals surface area contributed by atoms with Gasteiger partial charge in [-0.3, -0.25) is 0 Å². The molecule has 3 aromatic rings. The highest BCUT2D eigenvalue weighted by molar-refractivity contribution is 5.53. The fourth-order valence-electron chi connectivity index (χ4n) is 4.10. The Bertz CT molecular complexity index is 1210. The number of pyridine rings is 1. The molecule has 0 bridgehead atoms. The van der Waals surface area contributed by atoms with Crippen molar-refractivity contribution >= 4 is 11.6 Å². The van der Waals surface area contributed by atoms with Crippen molar-refractivity contribution in [2.24, 2.45) is 0 Å². The van der Waals surface area contributed by atoms with Crippen molar-refractivity contribution in [3.8, 4) is 0 Å². The average molecular weight is 509 g/mol. The van der Waals surface area contributed by atoms with E-state index in [0.29, 0.717) is 36.6 Å². The molecule has 36 heavy (non-hydrogen) atoms. The first-order valence-electron chi connectivity index (χ1n) is 11.5. The summed E-state index contributed by atoms with van der Waals surface area (Å²) in [5.74, 6) is 1.02. The number of nitrogens with zero attached hydrogens (tertiary/aromatic N) is 4. The van der Waals surface area contributed by atoms with Crippen LogP contribution in [0.3, 0.4) is 0 Å². The molecule has 0 unspecified atom stereocenters. The summed E-state index contributed by atoms with van der Waals surface area (Å²) in [5, 5.41) is 3.21. The molecule has 1 aromatic carbocycles. The first kappa shape index (κ1) is 25.7. The Morgan fingerprint density at radius 2 is 1.61 bits per heavy atom. The van der Waals surface area contributed by atoms with Crippen LogP contribution < -0.4 is 10.2 Å². The molecule has 0 saturated carbocycles. The Kier molecular flexibility index (Phi) is 7.10. The van der Waals surface area contributed by atoms with Gasteiger partial charge in [0.05, 0.1) is 16.8 Å². The summed E-state index contributed by atoms with van der Waals surface area (Å²) in [4.78, 5) is 14.9. The van der Waals surface area contributed by atoms with E-state index < -0.39 is 23.5 Å². The van der Waals surface area contributed by atoms with Gasteiger partial charge in [-0.05, 0) is 36.2 Å². The Hall–Kier alpha value is -3.37. The molecule has 2 aromatic heterocycles. The van der Waals surface area contributed by atoms with Crippen LogP contribution in [0.2, 0.25) is 0 Å². The van der Waals surface area contributed by atoms with Crippen molar-refractivity contribution in [3.63, 3.8) is 0 Å². The lowest BCUT2D eigenvalue weighted by Gasteiger charge is -2.24. The number of hydrogen-bond acceptors (Lipinski definition) is 5. The van der Waals surface area contributed by atoms with Crippen LogP contribution in [0.15, 0.2) is 42.6 Å². The summed E-state index contributed by atoms with van der Waals surface area (Å²) in [5.41, 5.74) is 0.663. The molecule has 0 saturated heterocycles. The Morgan fingerprint density at radius 1 is 0.917 bits per heavy atom. The number of alkyl halides is 6. The summed E-state index contributed by atoms with van der Waals surface area (Å²) in [6, 6.07) is 7.15. The van der Waals surface area contributed by atoms with Crippen molar-refractivity contribution < 1.29 is 26.3 Å². The van der Waals surface area contributed by atoms with Crippen LogP contribution >= 0.6 is 0 Å². The quantitative estimate of drug-likeness (QED) is 0.412. The number of aromatic nitrogens is 3. The molecular weight excluding hydrogens is 484 g/mol. The minimum atomic E-state index is -4.53. The van der Waals surface area contributed by atoms with Gasteiger partial charge in [0, 0.05) is 43.7 Å². The molecule has 0 radical (unpaired) electrons. The average Bonchev–Trinajstić information content (AvgIpc) is 3.04. The monoisotopic (exact) mass is 509 g/mol. The second-order valence-electron chi connectivity index (χ2n) is 8.92. The Labute approximate surface area is 204 Å². The molecule has 0 amide bonds. The second-order valence-corrected chi connectivity index (χ2v) is 8.92. The second kappa shape index (κ2) is 9.94. The highest BCUT2D eigenvalue weighted by Gasteiger charge is 2.36. The van der Waals surface area contributed by atoms with E-state index in [1.54, 1.807) is 4.90 Å². The van der Waals surface area contributed by atoms with Gasteiger partial charge >= 0.3 is 12.4 Å². The van der Waals surface area contributed by atoms with Crippen molar-refractivity contribution in [1.82, 2.24) is 15.0 Å². The SMILES string of the molecule is CC(C)c1nc2c(c(NCc3ccc(C(F)(F)F)cc3)n1)CCN(c1ncccc1C(F)(F)F)CC2. The molecule has 1 aliphatic rings. The van der Waals surface area contributed by atoms with Crippen LogP contribution in [0, 0.1) is 0 Å². The number of benzene rings is 1. The van der Waals surface area contributed by atoms with Gasteiger partial charge in [-0.25, -0.2) is 15.0 Å². The smallest absolute Gasteiger partial charge is 0.366 e. The number of anilines is 2. The van der Waals surface area contributed by atoms with Crippen LogP contribution in [0.5, 0.6) is 0 Å². The van der Waals surface area contributed by atoms with Gasteiger partial charge in [-0.15, -0.1) is 0 Å². The van der Waals surface area contributed by atoms with Gasteiger partial charge < -0.3 is 10.2 Å². The molecule has 0 fully saturated rings. The van der Waals surface area contributed by atoms with Gasteiger partial charge in [0.1, 0.15) is 17.5 Å². The first-order valence-corrected chi connectivity index (χ1v) is 11.5. The zero-order valence-corrected chi connectivity index (χ0v) is 19.7. The van der Waals surface area contributed by atoms with Crippen molar-refractivity contribution in [1.29, 1.82) is 0 Å². The van der Waals surface area contributed by atoms with Gasteiger partial charge in [0.15, 0.2) is 0 Å². The summed E-state index contributed by atoms with van der Waals surface area (Å²) >= 11 is 0. The predicted molar refractivity (Wildman–Crippen MR) is 124 cm³/mol. The van der Waals surface area contributed by atoms with Crippen LogP contribution in [0.1, 0.15) is 53.5 Å². The minimum Gasteiger partial charge on any atom is -0.366 e. The largest absolute Gasteiger partial charge is 0.419 e. The molecule has 1 N–H and O–H groups in total. The summed E-state index contributed by atoms with van der Waals surface area (Å²) in [6.45, 7) is 4.70. The van der Waals surface area contributed by atoms with E-state index in [2.05, 4.69) is 20.3 Å². The lowest BCUT2D eigenvalue weighted by molar-refractivity contribution is -0.138. The van der Waals surface area contributed by atoms with Crippen molar-refractivity contribution in [3.05, 3.63) is 76.4 Å². The topological polar surface area (TPSA) is 53.9 Å². The molecule has 0 aliphatic carbocycles. The predicted octanol–water partition coefficient (Wildman–Crippen LogP) is 6.25. The maximum atomic E-state index is 13.6. The fourth-order valence-corrected chi connectivity index (χ4v) is 4.10. The zero-order valence-electron chi connectivity index (χ0n) is 19.7. The van der Waals surface area contributed by atoms with E-state index in [0.717, 1.165) is 29.5 Å². The summed E-state index contributed by atoms with van der Waals surface area (Å²) < 4.78 is 79.3. The van der Waals surface area contributed by atoms with E-state index in [9.17, 15) is 26.3 Å². The molecule has 5 nitrogen and oxygen atoms in total. The first-order chi connectivity index (χ1) is 16.9. The summed E-state index contributed by atoms with van der Waals surface area (Å²) in [7, 11) is 0. The van der Waals surface area contributed by atoms with Crippen LogP contribution in [-0.2, 0) is 31.7 Å². The fraction of sp³-hybridized carbons (Fsp3) is 0.400. The maximum Gasteiger partial charge on any atom is 0.419 e. The number of hydrogen-bond donors (Lipinski definition) is 1. The third-order valence-corrected chi connectivity index (χ3v) is 6.01. The van der Waals surface area contributed by atoms with Crippen molar-refractivity contribution in [2.75, 3.05) is 23.3 Å². The molecule has 0 spiro atoms. The lowest BCUT2D eigenvalue weighted by Crippen LogP contribution is -2.29. The van der Waals surface area contributed by atoms with Gasteiger partial charge in [0.25, 0.3) is 0 Å². The van der Waals surface area contributed by atoms with Crippen molar-refractivity contribution in [2.45, 2.75) is 51.5 Å². The number of halogens is 6. The van der Waals surface area contributed by atoms with Crippen LogP contribution in [0.4, 0.5) is 38.0 Å². The van der Waals surface area contributed by atoms with Crippen LogP contribution in [-0.4, -0.2) is 28.0 Å². The van der Waals surface area contributed by atoms with Crippen LogP contribution in [0.25, 0.3) is 0 Å². The number of fused-ring (bicyclic) bond motifs is 1. The summed E-state index contributed by atoms with van der Waals surface area (Å²) in [6.07, 6.45) is -6.80. The molecular formula is C25H25F6N5. The Balaban J connectivity index is 1.59. The van der Waals surface area contributed by atoms with Gasteiger partial charge in [-0.2, -0.15) is 26.3 Å². The highest BCUT2D eigenvalue weighted by atomic mass is 19.4. The molecule has 0 atom stereocenters. The van der Waals surface area contributed by atoms with Gasteiger partial charge in [-0.1, -0.05) is 26.0 Å². The normalized spacial score (nSPS) is 14.5. The number of rotatable bonds is 5. The van der Waals surface area contributed by atoms with E-state index in [1.165, 1.54) is 24.4 Å². The molecule has 1 aliphatic heterocycles. The zero-order chi connectivity index (χ0) is 26.1. The number of nitrogens with one attached hydrogen (secondary N) is 1. The molecule has 4 rings (SSSR count). The van der Waals surface area contributed by atoms with E-state index in [-0.39, 0.29) is 24.8 Å².